The van der Waals surface area contributed by atoms with Gasteiger partial charge in [-0.05, 0) is 66.6 Å². The summed E-state index contributed by atoms with van der Waals surface area (Å²) >= 11 is 1.04. The maximum atomic E-state index is 12.8. The van der Waals surface area contributed by atoms with E-state index in [-0.39, 0.29) is 16.0 Å². The number of methoxy groups -OCH3 is 2. The van der Waals surface area contributed by atoms with Crippen molar-refractivity contribution in [1.82, 2.24) is 4.90 Å². The van der Waals surface area contributed by atoms with Crippen LogP contribution >= 0.6 is 11.8 Å². The monoisotopic (exact) mass is 460 g/mol. The van der Waals surface area contributed by atoms with Crippen LogP contribution in [0.25, 0.3) is 6.08 Å². The number of aryl methyl sites for hydroxylation is 1. The summed E-state index contributed by atoms with van der Waals surface area (Å²) < 4.78 is 40.1. The fourth-order valence-electron chi connectivity index (χ4n) is 3.00. The molecule has 0 spiro atoms. The summed E-state index contributed by atoms with van der Waals surface area (Å²) in [6.45, 7) is 4.07. The number of carbonyl (C=O) groups excluding carboxylic acids is 1. The predicted molar refractivity (Wildman–Crippen MR) is 123 cm³/mol. The van der Waals surface area contributed by atoms with Crippen LogP contribution in [0.15, 0.2) is 56.7 Å². The zero-order valence-corrected chi connectivity index (χ0v) is 19.4. The largest absolute Gasteiger partial charge is 0.493 e. The molecule has 1 aliphatic heterocycles. The molecule has 0 aliphatic carbocycles. The van der Waals surface area contributed by atoms with Gasteiger partial charge in [0.1, 0.15) is 0 Å². The van der Waals surface area contributed by atoms with E-state index in [1.165, 1.54) is 24.1 Å². The van der Waals surface area contributed by atoms with Crippen molar-refractivity contribution < 1.29 is 22.7 Å². The highest BCUT2D eigenvalue weighted by Gasteiger charge is 2.34. The Labute approximate surface area is 186 Å². The molecule has 1 saturated heterocycles. The molecule has 1 amide bonds. The average molecular weight is 461 g/mol. The summed E-state index contributed by atoms with van der Waals surface area (Å²) in [5.41, 5.74) is 1.76. The molecule has 0 radical (unpaired) electrons. The number of rotatable bonds is 7. The van der Waals surface area contributed by atoms with E-state index in [2.05, 4.69) is 4.40 Å². The Bertz CT molecular complexity index is 1140. The lowest BCUT2D eigenvalue weighted by atomic mass is 10.2. The Balaban J connectivity index is 1.94. The SMILES string of the molecule is CCc1ccc(S(=O)(=O)N=C2SC(=Cc3ccc(OC)c(OC)c3)C(=O)N2CC)cc1. The zero-order valence-electron chi connectivity index (χ0n) is 17.8. The van der Waals surface area contributed by atoms with Crippen LogP contribution in [0.2, 0.25) is 0 Å². The predicted octanol–water partition coefficient (Wildman–Crippen LogP) is 3.95. The number of amidine groups is 1. The second kappa shape index (κ2) is 9.57. The number of likely N-dealkylation sites (N-methyl/N-ethyl adjacent to an activating group) is 1. The molecule has 0 bridgehead atoms. The Morgan fingerprint density at radius 1 is 1.03 bits per heavy atom. The number of hydrogen-bond acceptors (Lipinski definition) is 6. The van der Waals surface area contributed by atoms with E-state index in [0.717, 1.165) is 29.3 Å². The third-order valence-corrected chi connectivity index (χ3v) is 7.14. The summed E-state index contributed by atoms with van der Waals surface area (Å²) in [6.07, 6.45) is 2.50. The van der Waals surface area contributed by atoms with Crippen LogP contribution in [0.4, 0.5) is 0 Å². The normalized spacial score (nSPS) is 16.9. The molecule has 0 aromatic heterocycles. The molecule has 164 valence electrons. The summed E-state index contributed by atoms with van der Waals surface area (Å²) in [7, 11) is -0.862. The Morgan fingerprint density at radius 3 is 2.29 bits per heavy atom. The van der Waals surface area contributed by atoms with E-state index in [0.29, 0.717) is 22.9 Å². The summed E-state index contributed by atoms with van der Waals surface area (Å²) in [5, 5.41) is 0.138. The lowest BCUT2D eigenvalue weighted by Gasteiger charge is -2.12. The first-order valence-electron chi connectivity index (χ1n) is 9.70. The number of ether oxygens (including phenoxy) is 2. The quantitative estimate of drug-likeness (QED) is 0.582. The molecule has 31 heavy (non-hydrogen) atoms. The first kappa shape index (κ1) is 22.9. The van der Waals surface area contributed by atoms with Crippen molar-refractivity contribution >= 4 is 38.9 Å². The third kappa shape index (κ3) is 4.94. The second-order valence-electron chi connectivity index (χ2n) is 6.62. The van der Waals surface area contributed by atoms with Crippen molar-refractivity contribution in [2.24, 2.45) is 4.40 Å². The highest BCUT2D eigenvalue weighted by Crippen LogP contribution is 2.35. The number of amides is 1. The average Bonchev–Trinajstić information content (AvgIpc) is 3.06. The molecule has 2 aromatic carbocycles. The number of nitrogens with zero attached hydrogens (tertiary/aromatic N) is 2. The highest BCUT2D eigenvalue weighted by atomic mass is 32.2. The molecule has 0 unspecified atom stereocenters. The van der Waals surface area contributed by atoms with Crippen molar-refractivity contribution in [2.45, 2.75) is 25.2 Å². The molecule has 1 fully saturated rings. The van der Waals surface area contributed by atoms with Crippen LogP contribution in [-0.2, 0) is 21.2 Å². The van der Waals surface area contributed by atoms with Gasteiger partial charge in [0.25, 0.3) is 15.9 Å². The standard InChI is InChI=1S/C22H24N2O5S2/c1-5-15-7-10-17(11-8-15)31(26,27)23-22-24(6-2)21(25)20(30-22)14-16-9-12-18(28-3)19(13-16)29-4/h7-14H,5-6H2,1-4H3. The van der Waals surface area contributed by atoms with E-state index in [9.17, 15) is 13.2 Å². The van der Waals surface area contributed by atoms with E-state index in [1.54, 1.807) is 50.4 Å². The minimum atomic E-state index is -3.94. The Kier molecular flexibility index (Phi) is 7.07. The van der Waals surface area contributed by atoms with E-state index < -0.39 is 10.0 Å². The molecule has 2 aromatic rings. The molecule has 0 atom stereocenters. The van der Waals surface area contributed by atoms with Gasteiger partial charge < -0.3 is 9.47 Å². The van der Waals surface area contributed by atoms with Gasteiger partial charge in [-0.25, -0.2) is 0 Å². The summed E-state index contributed by atoms with van der Waals surface area (Å²) in [6, 6.07) is 11.9. The third-order valence-electron chi connectivity index (χ3n) is 4.74. The van der Waals surface area contributed by atoms with Gasteiger partial charge in [-0.3, -0.25) is 9.69 Å². The van der Waals surface area contributed by atoms with Crippen molar-refractivity contribution in [2.75, 3.05) is 20.8 Å². The Hall–Kier alpha value is -2.78. The minimum absolute atomic E-state index is 0.0959. The van der Waals surface area contributed by atoms with Gasteiger partial charge in [0.2, 0.25) is 0 Å². The maximum Gasteiger partial charge on any atom is 0.284 e. The van der Waals surface area contributed by atoms with E-state index in [1.807, 2.05) is 6.92 Å². The van der Waals surface area contributed by atoms with Gasteiger partial charge in [0.15, 0.2) is 16.7 Å². The molecule has 1 aliphatic rings. The van der Waals surface area contributed by atoms with Crippen LogP contribution in [0.1, 0.15) is 25.0 Å². The van der Waals surface area contributed by atoms with Gasteiger partial charge >= 0.3 is 0 Å². The number of sulfonamides is 1. The van der Waals surface area contributed by atoms with Crippen LogP contribution in [-0.4, -0.2) is 45.2 Å². The first-order chi connectivity index (χ1) is 14.8. The van der Waals surface area contributed by atoms with Crippen molar-refractivity contribution in [1.29, 1.82) is 0 Å². The molecule has 9 heteroatoms. The van der Waals surface area contributed by atoms with E-state index >= 15 is 0 Å². The highest BCUT2D eigenvalue weighted by molar-refractivity contribution is 8.19. The molecular formula is C22H24N2O5S2. The van der Waals surface area contributed by atoms with Crippen LogP contribution in [0.5, 0.6) is 11.5 Å². The van der Waals surface area contributed by atoms with Crippen molar-refractivity contribution in [3.8, 4) is 11.5 Å². The minimum Gasteiger partial charge on any atom is -0.493 e. The molecule has 0 N–H and O–H groups in total. The van der Waals surface area contributed by atoms with Crippen molar-refractivity contribution in [3.63, 3.8) is 0 Å². The second-order valence-corrected chi connectivity index (χ2v) is 9.23. The topological polar surface area (TPSA) is 85.3 Å². The number of thioether (sulfide) groups is 1. The number of hydrogen-bond donors (Lipinski definition) is 0. The van der Waals surface area contributed by atoms with Crippen LogP contribution in [0.3, 0.4) is 0 Å². The van der Waals surface area contributed by atoms with E-state index in [4.69, 9.17) is 9.47 Å². The van der Waals surface area contributed by atoms with Gasteiger partial charge in [0, 0.05) is 6.54 Å². The van der Waals surface area contributed by atoms with Crippen LogP contribution < -0.4 is 9.47 Å². The van der Waals surface area contributed by atoms with Gasteiger partial charge in [-0.15, -0.1) is 4.40 Å². The number of carbonyl (C=O) groups is 1. The lowest BCUT2D eigenvalue weighted by molar-refractivity contribution is -0.122. The molecule has 0 saturated carbocycles. The fourth-order valence-corrected chi connectivity index (χ4v) is 5.25. The fraction of sp³-hybridized carbons (Fsp3) is 0.273. The molecular weight excluding hydrogens is 436 g/mol. The molecule has 1 heterocycles. The van der Waals surface area contributed by atoms with Gasteiger partial charge in [-0.2, -0.15) is 8.42 Å². The Morgan fingerprint density at radius 2 is 1.71 bits per heavy atom. The molecule has 3 rings (SSSR count). The van der Waals surface area contributed by atoms with Crippen LogP contribution in [0, 0.1) is 0 Å². The number of benzene rings is 2. The first-order valence-corrected chi connectivity index (χ1v) is 12.0. The van der Waals surface area contributed by atoms with Gasteiger partial charge in [0.05, 0.1) is 24.0 Å². The molecule has 7 nitrogen and oxygen atoms in total. The zero-order chi connectivity index (χ0) is 22.6. The summed E-state index contributed by atoms with van der Waals surface area (Å²) in [4.78, 5) is 14.7. The summed E-state index contributed by atoms with van der Waals surface area (Å²) in [5.74, 6) is 0.817. The van der Waals surface area contributed by atoms with Gasteiger partial charge in [-0.1, -0.05) is 25.1 Å². The smallest absolute Gasteiger partial charge is 0.284 e. The van der Waals surface area contributed by atoms with Crippen molar-refractivity contribution in [3.05, 3.63) is 58.5 Å². The maximum absolute atomic E-state index is 12.8. The lowest BCUT2D eigenvalue weighted by Crippen LogP contribution is -2.29.